The van der Waals surface area contributed by atoms with Crippen LogP contribution in [-0.4, -0.2) is 17.9 Å². The van der Waals surface area contributed by atoms with Crippen molar-refractivity contribution in [2.75, 3.05) is 9.96 Å². The van der Waals surface area contributed by atoms with Crippen LogP contribution in [0.15, 0.2) is 78.9 Å². The monoisotopic (exact) mass is 438 g/mol. The number of fused-ring (bicyclic) bond motifs is 1. The number of anilines is 2. The molecule has 2 heterocycles. The predicted octanol–water partition coefficient (Wildman–Crippen LogP) is 5.04. The van der Waals surface area contributed by atoms with E-state index in [9.17, 15) is 9.59 Å². The number of hydroxylamine groups is 1. The number of amides is 2. The van der Waals surface area contributed by atoms with Crippen molar-refractivity contribution in [1.82, 2.24) is 0 Å². The molecule has 3 aromatic rings. The van der Waals surface area contributed by atoms with Gasteiger partial charge in [-0.15, -0.1) is 0 Å². The summed E-state index contributed by atoms with van der Waals surface area (Å²) in [5, 5.41) is 2.79. The van der Waals surface area contributed by atoms with Crippen LogP contribution >= 0.6 is 23.2 Å². The molecule has 0 N–H and O–H groups in total. The van der Waals surface area contributed by atoms with E-state index in [1.807, 2.05) is 42.5 Å². The van der Waals surface area contributed by atoms with Crippen LogP contribution in [0.1, 0.15) is 11.6 Å². The van der Waals surface area contributed by atoms with Gasteiger partial charge >= 0.3 is 0 Å². The Kier molecular flexibility index (Phi) is 4.74. The fourth-order valence-corrected chi connectivity index (χ4v) is 4.31. The van der Waals surface area contributed by atoms with E-state index in [0.29, 0.717) is 15.7 Å². The summed E-state index contributed by atoms with van der Waals surface area (Å²) in [4.78, 5) is 33.9. The van der Waals surface area contributed by atoms with Crippen LogP contribution in [0, 0.1) is 5.92 Å². The molecule has 2 fully saturated rings. The van der Waals surface area contributed by atoms with Gasteiger partial charge in [-0.05, 0) is 54.1 Å². The fraction of sp³-hybridized carbons (Fsp3) is 0.130. The van der Waals surface area contributed by atoms with Gasteiger partial charge in [0.15, 0.2) is 6.10 Å². The zero-order valence-electron chi connectivity index (χ0n) is 15.6. The Bertz CT molecular complexity index is 1100. The summed E-state index contributed by atoms with van der Waals surface area (Å²) in [7, 11) is 0. The van der Waals surface area contributed by atoms with Crippen molar-refractivity contribution < 1.29 is 14.4 Å². The van der Waals surface area contributed by atoms with Gasteiger partial charge in [-0.3, -0.25) is 14.4 Å². The van der Waals surface area contributed by atoms with Crippen LogP contribution in [0.4, 0.5) is 11.4 Å². The maximum Gasteiger partial charge on any atom is 0.266 e. The molecule has 3 aromatic carbocycles. The van der Waals surface area contributed by atoms with Gasteiger partial charge in [0.2, 0.25) is 5.91 Å². The normalized spacial score (nSPS) is 23.2. The summed E-state index contributed by atoms with van der Waals surface area (Å²) in [5.41, 5.74) is 2.09. The van der Waals surface area contributed by atoms with Crippen LogP contribution in [0.5, 0.6) is 0 Å². The number of hydrogen-bond donors (Lipinski definition) is 0. The number of carbonyl (C=O) groups excluding carboxylic acids is 2. The van der Waals surface area contributed by atoms with E-state index in [4.69, 9.17) is 28.0 Å². The zero-order chi connectivity index (χ0) is 20.8. The third kappa shape index (κ3) is 3.06. The Morgan fingerprint density at radius 3 is 1.93 bits per heavy atom. The molecule has 3 atom stereocenters. The molecular weight excluding hydrogens is 423 g/mol. The fourth-order valence-electron chi connectivity index (χ4n) is 4.06. The van der Waals surface area contributed by atoms with Crippen molar-refractivity contribution in [3.63, 3.8) is 0 Å². The molecule has 2 amide bonds. The molecule has 150 valence electrons. The lowest BCUT2D eigenvalue weighted by molar-refractivity contribution is -0.126. The van der Waals surface area contributed by atoms with Crippen molar-refractivity contribution in [2.45, 2.75) is 12.1 Å². The topological polar surface area (TPSA) is 49.9 Å². The molecular formula is C23H16Cl2N2O3. The molecule has 0 unspecified atom stereocenters. The van der Waals surface area contributed by atoms with E-state index in [0.717, 1.165) is 11.3 Å². The molecule has 2 aliphatic rings. The van der Waals surface area contributed by atoms with E-state index in [-0.39, 0.29) is 11.8 Å². The average molecular weight is 439 g/mol. The standard InChI is InChI=1S/C23H16Cl2N2O3/c24-15-8-6-14(7-9-15)20-19-21(30-27(20)18-4-2-1-3-5-18)23(29)26(22(19)28)17-12-10-16(25)11-13-17/h1-13,19-21H/t19-,20-,21+/m0/s1. The van der Waals surface area contributed by atoms with Gasteiger partial charge in [0.1, 0.15) is 5.92 Å². The predicted molar refractivity (Wildman–Crippen MR) is 115 cm³/mol. The molecule has 0 radical (unpaired) electrons. The van der Waals surface area contributed by atoms with Crippen molar-refractivity contribution in [3.8, 4) is 0 Å². The summed E-state index contributed by atoms with van der Waals surface area (Å²) < 4.78 is 0. The van der Waals surface area contributed by atoms with Crippen molar-refractivity contribution in [2.24, 2.45) is 5.92 Å². The minimum absolute atomic E-state index is 0.300. The number of halogens is 2. The van der Waals surface area contributed by atoms with Crippen molar-refractivity contribution >= 4 is 46.4 Å². The number of hydrogen-bond acceptors (Lipinski definition) is 4. The highest BCUT2D eigenvalue weighted by molar-refractivity contribution is 6.31. The molecule has 0 aliphatic carbocycles. The lowest BCUT2D eigenvalue weighted by Gasteiger charge is -2.28. The number of carbonyl (C=O) groups is 2. The lowest BCUT2D eigenvalue weighted by Crippen LogP contribution is -2.37. The molecule has 2 aliphatic heterocycles. The Morgan fingerprint density at radius 2 is 1.30 bits per heavy atom. The zero-order valence-corrected chi connectivity index (χ0v) is 17.1. The number of benzene rings is 3. The smallest absolute Gasteiger partial charge is 0.266 e. The first-order valence-corrected chi connectivity index (χ1v) is 10.2. The maximum atomic E-state index is 13.4. The van der Waals surface area contributed by atoms with Gasteiger partial charge in [-0.1, -0.05) is 53.5 Å². The highest BCUT2D eigenvalue weighted by Crippen LogP contribution is 2.47. The van der Waals surface area contributed by atoms with E-state index in [1.165, 1.54) is 4.90 Å². The van der Waals surface area contributed by atoms with Gasteiger partial charge < -0.3 is 0 Å². The van der Waals surface area contributed by atoms with Crippen molar-refractivity contribution in [1.29, 1.82) is 0 Å². The quantitative estimate of drug-likeness (QED) is 0.537. The highest BCUT2D eigenvalue weighted by Gasteiger charge is 2.60. The van der Waals surface area contributed by atoms with Crippen LogP contribution in [0.2, 0.25) is 10.0 Å². The number of imide groups is 1. The van der Waals surface area contributed by atoms with Gasteiger partial charge in [0, 0.05) is 10.0 Å². The van der Waals surface area contributed by atoms with Gasteiger partial charge in [0.25, 0.3) is 5.91 Å². The van der Waals surface area contributed by atoms with Crippen LogP contribution in [0.3, 0.4) is 0 Å². The largest absolute Gasteiger partial charge is 0.273 e. The Balaban J connectivity index is 1.58. The minimum atomic E-state index is -0.908. The summed E-state index contributed by atoms with van der Waals surface area (Å²) >= 11 is 12.0. The molecule has 2 saturated heterocycles. The van der Waals surface area contributed by atoms with Crippen molar-refractivity contribution in [3.05, 3.63) is 94.5 Å². The van der Waals surface area contributed by atoms with Crippen LogP contribution < -0.4 is 9.96 Å². The Labute approximate surface area is 183 Å². The SMILES string of the molecule is O=C1[C@@H]2[C@@H](ON(c3ccccc3)[C@H]2c2ccc(Cl)cc2)C(=O)N1c1ccc(Cl)cc1. The molecule has 7 heteroatoms. The van der Waals surface area contributed by atoms with E-state index >= 15 is 0 Å². The third-order valence-corrected chi connectivity index (χ3v) is 5.93. The highest BCUT2D eigenvalue weighted by atomic mass is 35.5. The minimum Gasteiger partial charge on any atom is -0.273 e. The molecule has 0 bridgehead atoms. The second-order valence-corrected chi connectivity index (χ2v) is 8.07. The second kappa shape index (κ2) is 7.43. The summed E-state index contributed by atoms with van der Waals surface area (Å²) in [6.07, 6.45) is -0.908. The number of para-hydroxylation sites is 1. The number of nitrogens with zero attached hydrogens (tertiary/aromatic N) is 2. The van der Waals surface area contributed by atoms with E-state index < -0.39 is 18.1 Å². The first-order valence-electron chi connectivity index (χ1n) is 9.44. The van der Waals surface area contributed by atoms with E-state index in [1.54, 1.807) is 41.5 Å². The summed E-state index contributed by atoms with van der Waals surface area (Å²) in [6.45, 7) is 0. The molecule has 5 rings (SSSR count). The lowest BCUT2D eigenvalue weighted by atomic mass is 9.90. The van der Waals surface area contributed by atoms with Crippen LogP contribution in [0.25, 0.3) is 0 Å². The molecule has 5 nitrogen and oxygen atoms in total. The second-order valence-electron chi connectivity index (χ2n) is 7.20. The van der Waals surface area contributed by atoms with E-state index in [2.05, 4.69) is 0 Å². The summed E-state index contributed by atoms with van der Waals surface area (Å²) in [6, 6.07) is 22.8. The summed E-state index contributed by atoms with van der Waals surface area (Å²) in [5.74, 6) is -1.37. The maximum absolute atomic E-state index is 13.4. The van der Waals surface area contributed by atoms with Gasteiger partial charge in [0.05, 0.1) is 17.4 Å². The van der Waals surface area contributed by atoms with Crippen LogP contribution in [-0.2, 0) is 14.4 Å². The molecule has 0 spiro atoms. The first kappa shape index (κ1) is 19.1. The average Bonchev–Trinajstić information content (AvgIpc) is 3.27. The molecule has 30 heavy (non-hydrogen) atoms. The first-order chi connectivity index (χ1) is 14.5. The third-order valence-electron chi connectivity index (χ3n) is 5.42. The number of rotatable bonds is 3. The van der Waals surface area contributed by atoms with Gasteiger partial charge in [-0.2, -0.15) is 0 Å². The Hall–Kier alpha value is -2.86. The molecule has 0 aromatic heterocycles. The molecule has 0 saturated carbocycles. The Morgan fingerprint density at radius 1 is 0.700 bits per heavy atom. The van der Waals surface area contributed by atoms with Gasteiger partial charge in [-0.25, -0.2) is 9.96 Å².